The maximum absolute atomic E-state index is 11.6. The maximum atomic E-state index is 11.6. The molecule has 4 heteroatoms. The predicted molar refractivity (Wildman–Crippen MR) is 56.9 cm³/mol. The van der Waals surface area contributed by atoms with Crippen LogP contribution in [0.1, 0.15) is 20.8 Å². The molecule has 0 saturated heterocycles. The normalized spacial score (nSPS) is 13.0. The molecule has 0 aromatic heterocycles. The van der Waals surface area contributed by atoms with Gasteiger partial charge in [-0.15, -0.1) is 0 Å². The van der Waals surface area contributed by atoms with E-state index in [1.165, 1.54) is 0 Å². The fourth-order valence-corrected chi connectivity index (χ4v) is 1.22. The first-order valence-corrected chi connectivity index (χ1v) is 5.02. The average Bonchev–Trinajstić information content (AvgIpc) is 2.10. The number of amides is 1. The third-order valence-corrected chi connectivity index (χ3v) is 1.85. The van der Waals surface area contributed by atoms with E-state index in [9.17, 15) is 4.79 Å². The molecule has 1 atom stereocenters. The van der Waals surface area contributed by atoms with Crippen molar-refractivity contribution in [3.05, 3.63) is 0 Å². The van der Waals surface area contributed by atoms with Crippen molar-refractivity contribution in [3.63, 3.8) is 0 Å². The highest BCUT2D eigenvalue weighted by atomic mass is 16.5. The molecule has 0 aromatic rings. The van der Waals surface area contributed by atoms with Crippen molar-refractivity contribution in [1.82, 2.24) is 4.90 Å². The van der Waals surface area contributed by atoms with Gasteiger partial charge in [0.05, 0.1) is 12.6 Å². The zero-order chi connectivity index (χ0) is 11.1. The van der Waals surface area contributed by atoms with E-state index in [0.29, 0.717) is 19.1 Å². The largest absolute Gasteiger partial charge is 0.383 e. The van der Waals surface area contributed by atoms with Crippen LogP contribution in [0.2, 0.25) is 0 Å². The minimum atomic E-state index is -0.425. The highest BCUT2D eigenvalue weighted by molar-refractivity contribution is 5.81. The van der Waals surface area contributed by atoms with Crippen LogP contribution in [0.25, 0.3) is 0 Å². The van der Waals surface area contributed by atoms with Gasteiger partial charge in [-0.05, 0) is 12.8 Å². The molecule has 0 unspecified atom stereocenters. The zero-order valence-corrected chi connectivity index (χ0v) is 9.62. The van der Waals surface area contributed by atoms with E-state index < -0.39 is 6.04 Å². The molecule has 0 fully saturated rings. The van der Waals surface area contributed by atoms with Gasteiger partial charge in [0.15, 0.2) is 0 Å². The number of carbonyl (C=O) groups excluding carboxylic acids is 1. The smallest absolute Gasteiger partial charge is 0.239 e. The Morgan fingerprint density at radius 1 is 1.43 bits per heavy atom. The van der Waals surface area contributed by atoms with Crippen LogP contribution < -0.4 is 5.73 Å². The summed E-state index contributed by atoms with van der Waals surface area (Å²) in [5.41, 5.74) is 5.55. The summed E-state index contributed by atoms with van der Waals surface area (Å²) >= 11 is 0. The second-order valence-electron chi connectivity index (χ2n) is 3.96. The fourth-order valence-electron chi connectivity index (χ4n) is 1.22. The first-order valence-electron chi connectivity index (χ1n) is 5.02. The average molecular weight is 202 g/mol. The number of hydrogen-bond donors (Lipinski definition) is 1. The lowest BCUT2D eigenvalue weighted by atomic mass is 10.2. The second-order valence-corrected chi connectivity index (χ2v) is 3.96. The molecule has 0 saturated carbocycles. The second kappa shape index (κ2) is 6.79. The Labute approximate surface area is 86.4 Å². The van der Waals surface area contributed by atoms with Gasteiger partial charge in [-0.2, -0.15) is 0 Å². The van der Waals surface area contributed by atoms with Crippen molar-refractivity contribution < 1.29 is 9.53 Å². The molecule has 0 aliphatic carbocycles. The van der Waals surface area contributed by atoms with Crippen molar-refractivity contribution in [1.29, 1.82) is 0 Å². The van der Waals surface area contributed by atoms with Crippen molar-refractivity contribution in [2.24, 2.45) is 11.7 Å². The molecule has 0 heterocycles. The maximum Gasteiger partial charge on any atom is 0.239 e. The van der Waals surface area contributed by atoms with Crippen LogP contribution >= 0.6 is 0 Å². The standard InChI is InChI=1S/C10H22N2O2/c1-8(2)7-12(5-6-14-4)10(13)9(3)11/h8-9H,5-7,11H2,1-4H3/t9-/m0/s1. The van der Waals surface area contributed by atoms with Crippen LogP contribution in [0, 0.1) is 5.92 Å². The van der Waals surface area contributed by atoms with E-state index in [-0.39, 0.29) is 5.91 Å². The van der Waals surface area contributed by atoms with Gasteiger partial charge in [0.25, 0.3) is 0 Å². The lowest BCUT2D eigenvalue weighted by Crippen LogP contribution is -2.45. The number of nitrogens with zero attached hydrogens (tertiary/aromatic N) is 1. The highest BCUT2D eigenvalue weighted by Gasteiger charge is 2.17. The molecular weight excluding hydrogens is 180 g/mol. The summed E-state index contributed by atoms with van der Waals surface area (Å²) in [4.78, 5) is 13.4. The van der Waals surface area contributed by atoms with Crippen LogP contribution in [0.3, 0.4) is 0 Å². The number of methoxy groups -OCH3 is 1. The van der Waals surface area contributed by atoms with Gasteiger partial charge >= 0.3 is 0 Å². The molecule has 0 rings (SSSR count). The fraction of sp³-hybridized carbons (Fsp3) is 0.900. The van der Waals surface area contributed by atoms with E-state index in [4.69, 9.17) is 10.5 Å². The van der Waals surface area contributed by atoms with Crippen LogP contribution in [0.5, 0.6) is 0 Å². The summed E-state index contributed by atoms with van der Waals surface area (Å²) in [5, 5.41) is 0. The number of carbonyl (C=O) groups is 1. The number of nitrogens with two attached hydrogens (primary N) is 1. The monoisotopic (exact) mass is 202 g/mol. The molecule has 0 aromatic carbocycles. The lowest BCUT2D eigenvalue weighted by molar-refractivity contribution is -0.133. The van der Waals surface area contributed by atoms with E-state index in [0.717, 1.165) is 6.54 Å². The van der Waals surface area contributed by atoms with Crippen molar-refractivity contribution in [2.45, 2.75) is 26.8 Å². The molecule has 2 N–H and O–H groups in total. The Morgan fingerprint density at radius 2 is 2.00 bits per heavy atom. The first-order chi connectivity index (χ1) is 6.49. The molecule has 0 aliphatic heterocycles. The molecule has 0 bridgehead atoms. The molecule has 1 amide bonds. The Morgan fingerprint density at radius 3 is 2.36 bits per heavy atom. The zero-order valence-electron chi connectivity index (χ0n) is 9.62. The number of hydrogen-bond acceptors (Lipinski definition) is 3. The topological polar surface area (TPSA) is 55.6 Å². The molecule has 14 heavy (non-hydrogen) atoms. The van der Waals surface area contributed by atoms with Crippen LogP contribution in [-0.2, 0) is 9.53 Å². The lowest BCUT2D eigenvalue weighted by Gasteiger charge is -2.25. The Balaban J connectivity index is 4.15. The summed E-state index contributed by atoms with van der Waals surface area (Å²) in [6.07, 6.45) is 0. The quantitative estimate of drug-likeness (QED) is 0.681. The summed E-state index contributed by atoms with van der Waals surface area (Å²) in [5.74, 6) is 0.449. The van der Waals surface area contributed by atoms with E-state index in [1.807, 2.05) is 0 Å². The van der Waals surface area contributed by atoms with Gasteiger partial charge in [0, 0.05) is 20.2 Å². The molecule has 0 radical (unpaired) electrons. The molecule has 0 aliphatic rings. The van der Waals surface area contributed by atoms with Crippen LogP contribution in [0.4, 0.5) is 0 Å². The van der Waals surface area contributed by atoms with Crippen molar-refractivity contribution in [2.75, 3.05) is 26.8 Å². The van der Waals surface area contributed by atoms with E-state index >= 15 is 0 Å². The number of rotatable bonds is 6. The van der Waals surface area contributed by atoms with Gasteiger partial charge in [0.2, 0.25) is 5.91 Å². The minimum Gasteiger partial charge on any atom is -0.383 e. The summed E-state index contributed by atoms with van der Waals surface area (Å²) in [6, 6.07) is -0.425. The SMILES string of the molecule is COCCN(CC(C)C)C(=O)[C@H](C)N. The van der Waals surface area contributed by atoms with Gasteiger partial charge in [0.1, 0.15) is 0 Å². The first kappa shape index (κ1) is 13.4. The molecule has 4 nitrogen and oxygen atoms in total. The van der Waals surface area contributed by atoms with Gasteiger partial charge in [-0.1, -0.05) is 13.8 Å². The van der Waals surface area contributed by atoms with Crippen molar-refractivity contribution >= 4 is 5.91 Å². The summed E-state index contributed by atoms with van der Waals surface area (Å²) < 4.78 is 4.95. The Hall–Kier alpha value is -0.610. The predicted octanol–water partition coefficient (Wildman–Crippen LogP) is 0.465. The van der Waals surface area contributed by atoms with Gasteiger partial charge < -0.3 is 15.4 Å². The molecule has 0 spiro atoms. The minimum absolute atomic E-state index is 0.00394. The molecular formula is C10H22N2O2. The summed E-state index contributed by atoms with van der Waals surface area (Å²) in [6.45, 7) is 7.79. The van der Waals surface area contributed by atoms with Gasteiger partial charge in [-0.3, -0.25) is 4.79 Å². The Kier molecular flexibility index (Phi) is 6.49. The van der Waals surface area contributed by atoms with Gasteiger partial charge in [-0.25, -0.2) is 0 Å². The van der Waals surface area contributed by atoms with Crippen LogP contribution in [-0.4, -0.2) is 43.7 Å². The van der Waals surface area contributed by atoms with E-state index in [1.54, 1.807) is 18.9 Å². The van der Waals surface area contributed by atoms with E-state index in [2.05, 4.69) is 13.8 Å². The number of ether oxygens (including phenoxy) is 1. The third-order valence-electron chi connectivity index (χ3n) is 1.85. The van der Waals surface area contributed by atoms with Crippen LogP contribution in [0.15, 0.2) is 0 Å². The highest BCUT2D eigenvalue weighted by Crippen LogP contribution is 2.00. The third kappa shape index (κ3) is 5.19. The Bertz CT molecular complexity index is 170. The van der Waals surface area contributed by atoms with Crippen molar-refractivity contribution in [3.8, 4) is 0 Å². The molecule has 84 valence electrons. The summed E-state index contributed by atoms with van der Waals surface area (Å²) in [7, 11) is 1.63.